The van der Waals surface area contributed by atoms with Gasteiger partial charge in [-0.15, -0.1) is 11.6 Å². The summed E-state index contributed by atoms with van der Waals surface area (Å²) in [5.74, 6) is 0.759. The molecule has 4 heterocycles. The summed E-state index contributed by atoms with van der Waals surface area (Å²) in [6.45, 7) is 5.23. The molecule has 3 unspecified atom stereocenters. The van der Waals surface area contributed by atoms with Gasteiger partial charge in [0, 0.05) is 60.3 Å². The standard InChI is InChI=1S/C41H45ClN4O7S2/c1-25-19-30-32(46(40(50)31-13-10-17-44(31)39(30)49)41(51)53-24-26(2)54-55-36-14-7-8-16-43-36)21-35(25)52-18-9-3-4-15-37(48)45-23-27(22-42)38-29-12-6-5-11-28(29)34(47)20-33(38)45/h5-8,11-12,14,16,19-21,26-27,31,40,47,50H,3-4,9-10,13,15,17-18,22-24H2,1-2H3/t26?,27?,31-,40?/m0/s1. The molecule has 0 aliphatic carbocycles. The van der Waals surface area contributed by atoms with Crippen molar-refractivity contribution in [1.82, 2.24) is 9.88 Å². The first-order valence-corrected chi connectivity index (χ1v) is 21.5. The summed E-state index contributed by atoms with van der Waals surface area (Å²) in [5.41, 5.74) is 3.04. The number of alkyl halides is 1. The van der Waals surface area contributed by atoms with E-state index in [1.165, 1.54) is 26.5 Å². The molecule has 290 valence electrons. The van der Waals surface area contributed by atoms with Crippen LogP contribution in [0.2, 0.25) is 0 Å². The summed E-state index contributed by atoms with van der Waals surface area (Å²) in [4.78, 5) is 49.9. The normalized spacial score (nSPS) is 19.5. The van der Waals surface area contributed by atoms with Crippen LogP contribution in [0.1, 0.15) is 72.9 Å². The Morgan fingerprint density at radius 2 is 1.85 bits per heavy atom. The minimum absolute atomic E-state index is 0.0123. The Morgan fingerprint density at radius 3 is 2.64 bits per heavy atom. The summed E-state index contributed by atoms with van der Waals surface area (Å²) < 4.78 is 12.0. The first-order chi connectivity index (χ1) is 26.7. The van der Waals surface area contributed by atoms with Gasteiger partial charge in [-0.25, -0.2) is 14.7 Å². The number of aryl methyl sites for hydroxylation is 1. The van der Waals surface area contributed by atoms with Crippen molar-refractivity contribution in [1.29, 1.82) is 0 Å². The lowest BCUT2D eigenvalue weighted by Crippen LogP contribution is -2.51. The molecule has 11 nitrogen and oxygen atoms in total. The number of phenolic OH excluding ortho intramolecular Hbond substituents is 1. The molecule has 14 heteroatoms. The Hall–Kier alpha value is -4.17. The number of phenols is 1. The van der Waals surface area contributed by atoms with Crippen LogP contribution in [0.15, 0.2) is 71.9 Å². The van der Waals surface area contributed by atoms with Gasteiger partial charge >= 0.3 is 6.09 Å². The van der Waals surface area contributed by atoms with E-state index in [1.807, 2.05) is 56.3 Å². The molecule has 1 aromatic heterocycles. The number of aromatic hydroxyl groups is 1. The number of anilines is 2. The molecule has 3 aliphatic rings. The lowest BCUT2D eigenvalue weighted by atomic mass is 9.95. The molecule has 0 saturated carbocycles. The molecule has 2 N–H and O–H groups in total. The number of amides is 3. The highest BCUT2D eigenvalue weighted by Gasteiger charge is 2.45. The Morgan fingerprint density at radius 1 is 1.05 bits per heavy atom. The van der Waals surface area contributed by atoms with Gasteiger partial charge < -0.3 is 29.5 Å². The molecule has 0 bridgehead atoms. The van der Waals surface area contributed by atoms with E-state index in [0.717, 1.165) is 45.5 Å². The average Bonchev–Trinajstić information content (AvgIpc) is 3.82. The number of hydrogen-bond acceptors (Lipinski definition) is 10. The monoisotopic (exact) mass is 804 g/mol. The summed E-state index contributed by atoms with van der Waals surface area (Å²) in [5, 5.41) is 24.8. The zero-order chi connectivity index (χ0) is 38.6. The van der Waals surface area contributed by atoms with E-state index in [0.29, 0.717) is 62.6 Å². The lowest BCUT2D eigenvalue weighted by molar-refractivity contribution is -0.118. The van der Waals surface area contributed by atoms with Crippen molar-refractivity contribution in [2.75, 3.05) is 42.0 Å². The van der Waals surface area contributed by atoms with Gasteiger partial charge in [-0.3, -0.25) is 9.59 Å². The van der Waals surface area contributed by atoms with Gasteiger partial charge in [0.05, 0.1) is 29.6 Å². The van der Waals surface area contributed by atoms with Crippen LogP contribution in [-0.2, 0) is 9.53 Å². The predicted molar refractivity (Wildman–Crippen MR) is 218 cm³/mol. The lowest BCUT2D eigenvalue weighted by Gasteiger charge is -2.32. The molecule has 4 atom stereocenters. The smallest absolute Gasteiger partial charge is 0.416 e. The van der Waals surface area contributed by atoms with E-state index in [-0.39, 0.29) is 41.0 Å². The third-order valence-electron chi connectivity index (χ3n) is 10.5. The van der Waals surface area contributed by atoms with E-state index in [1.54, 1.807) is 34.2 Å². The van der Waals surface area contributed by atoms with Gasteiger partial charge in [-0.1, -0.05) is 41.1 Å². The number of hydrogen-bond donors (Lipinski definition) is 2. The fourth-order valence-electron chi connectivity index (χ4n) is 7.71. The van der Waals surface area contributed by atoms with Gasteiger partial charge in [0.25, 0.3) is 5.91 Å². The number of rotatable bonds is 13. The van der Waals surface area contributed by atoms with Crippen molar-refractivity contribution in [2.45, 2.75) is 80.8 Å². The van der Waals surface area contributed by atoms with Crippen molar-refractivity contribution in [3.8, 4) is 11.5 Å². The summed E-state index contributed by atoms with van der Waals surface area (Å²) in [7, 11) is 3.02. The van der Waals surface area contributed by atoms with Crippen LogP contribution < -0.4 is 14.5 Å². The van der Waals surface area contributed by atoms with Crippen molar-refractivity contribution in [3.63, 3.8) is 0 Å². The number of aromatic nitrogens is 1. The Kier molecular flexibility index (Phi) is 12.3. The number of fused-ring (bicyclic) bond motifs is 5. The third-order valence-corrected chi connectivity index (χ3v) is 13.6. The number of halogens is 1. The van der Waals surface area contributed by atoms with Crippen LogP contribution >= 0.6 is 33.2 Å². The first-order valence-electron chi connectivity index (χ1n) is 18.7. The van der Waals surface area contributed by atoms with Crippen LogP contribution in [0.4, 0.5) is 16.2 Å². The molecule has 3 aromatic carbocycles. The topological polar surface area (TPSA) is 133 Å². The molecular formula is C41H45ClN4O7S2. The average molecular weight is 805 g/mol. The molecule has 0 spiro atoms. The number of aliphatic hydroxyl groups excluding tert-OH is 1. The minimum atomic E-state index is -1.29. The Balaban J connectivity index is 0.973. The second kappa shape index (κ2) is 17.3. The number of pyridine rings is 1. The third kappa shape index (κ3) is 8.21. The maximum atomic E-state index is 13.8. The Labute approximate surface area is 333 Å². The molecule has 3 amide bonds. The molecule has 55 heavy (non-hydrogen) atoms. The van der Waals surface area contributed by atoms with Gasteiger partial charge in [-0.2, -0.15) is 0 Å². The zero-order valence-electron chi connectivity index (χ0n) is 30.9. The van der Waals surface area contributed by atoms with Crippen molar-refractivity contribution in [2.24, 2.45) is 0 Å². The number of benzene rings is 3. The summed E-state index contributed by atoms with van der Waals surface area (Å²) in [6.07, 6.45) is 3.41. The van der Waals surface area contributed by atoms with Gasteiger partial charge in [0.1, 0.15) is 23.1 Å². The summed E-state index contributed by atoms with van der Waals surface area (Å²) >= 11 is 6.36. The SMILES string of the molecule is Cc1cc2c(cc1OCCCCCC(=O)N1CC(CCl)c3c1cc(O)c1ccccc31)N(C(=O)OCC(C)SSc1ccccn1)C(O)[C@@H]1CCCN1C2=O. The molecule has 4 aromatic rings. The van der Waals surface area contributed by atoms with Gasteiger partial charge in [-0.05, 0) is 91.5 Å². The molecule has 7 rings (SSSR count). The number of carbonyl (C=O) groups is 3. The number of nitrogens with zero attached hydrogens (tertiary/aromatic N) is 4. The summed E-state index contributed by atoms with van der Waals surface area (Å²) in [6, 6.07) is 17.8. The van der Waals surface area contributed by atoms with Crippen LogP contribution in [0.5, 0.6) is 11.5 Å². The van der Waals surface area contributed by atoms with Crippen LogP contribution in [0, 0.1) is 6.92 Å². The second-order valence-corrected chi connectivity index (χ2v) is 17.2. The van der Waals surface area contributed by atoms with Crippen LogP contribution in [-0.4, -0.2) is 87.7 Å². The highest BCUT2D eigenvalue weighted by molar-refractivity contribution is 8.76. The van der Waals surface area contributed by atoms with E-state index < -0.39 is 18.4 Å². The van der Waals surface area contributed by atoms with Crippen molar-refractivity contribution >= 4 is 73.2 Å². The van der Waals surface area contributed by atoms with Crippen molar-refractivity contribution in [3.05, 3.63) is 83.6 Å². The number of carbonyl (C=O) groups excluding carboxylic acids is 3. The maximum Gasteiger partial charge on any atom is 0.416 e. The fourth-order valence-corrected chi connectivity index (χ4v) is 9.84. The molecular weight excluding hydrogens is 760 g/mol. The van der Waals surface area contributed by atoms with E-state index in [4.69, 9.17) is 21.1 Å². The van der Waals surface area contributed by atoms with E-state index in [9.17, 15) is 24.6 Å². The Bertz CT molecular complexity index is 2060. The quantitative estimate of drug-likeness (QED) is 0.0774. The highest BCUT2D eigenvalue weighted by Crippen LogP contribution is 2.45. The van der Waals surface area contributed by atoms with Gasteiger partial charge in [0.2, 0.25) is 5.91 Å². The zero-order valence-corrected chi connectivity index (χ0v) is 33.2. The van der Waals surface area contributed by atoms with Crippen LogP contribution in [0.25, 0.3) is 10.8 Å². The van der Waals surface area contributed by atoms with Gasteiger partial charge in [0.15, 0.2) is 6.23 Å². The maximum absolute atomic E-state index is 13.8. The number of aliphatic hydroxyl groups is 1. The second-order valence-electron chi connectivity index (χ2n) is 14.3. The minimum Gasteiger partial charge on any atom is -0.507 e. The van der Waals surface area contributed by atoms with Crippen molar-refractivity contribution < 1.29 is 34.1 Å². The molecule has 0 radical (unpaired) electrons. The van der Waals surface area contributed by atoms with E-state index >= 15 is 0 Å². The first kappa shape index (κ1) is 39.1. The van der Waals surface area contributed by atoms with E-state index in [2.05, 4.69) is 4.98 Å². The molecule has 1 fully saturated rings. The fraction of sp³-hybridized carbons (Fsp3) is 0.415. The molecule has 3 aliphatic heterocycles. The number of ether oxygens (including phenoxy) is 2. The predicted octanol–water partition coefficient (Wildman–Crippen LogP) is 8.27. The molecule has 1 saturated heterocycles. The van der Waals surface area contributed by atoms with Crippen LogP contribution in [0.3, 0.4) is 0 Å². The highest BCUT2D eigenvalue weighted by atomic mass is 35.5. The number of unbranched alkanes of at least 4 members (excludes halogenated alkanes) is 2. The largest absolute Gasteiger partial charge is 0.507 e.